The minimum atomic E-state index is 0.384. The summed E-state index contributed by atoms with van der Waals surface area (Å²) in [6.07, 6.45) is 2.53. The van der Waals surface area contributed by atoms with Crippen molar-refractivity contribution in [3.05, 3.63) is 22.4 Å². The highest BCUT2D eigenvalue weighted by Gasteiger charge is 2.32. The molecular formula is C15H26N2S. The summed E-state index contributed by atoms with van der Waals surface area (Å²) in [6, 6.07) is 4.73. The van der Waals surface area contributed by atoms with E-state index >= 15 is 0 Å². The van der Waals surface area contributed by atoms with Crippen LogP contribution in [0.4, 0.5) is 0 Å². The first-order valence-corrected chi connectivity index (χ1v) is 7.90. The van der Waals surface area contributed by atoms with Gasteiger partial charge in [-0.25, -0.2) is 0 Å². The Morgan fingerprint density at radius 2 is 2.17 bits per heavy atom. The van der Waals surface area contributed by atoms with Crippen LogP contribution in [-0.2, 0) is 6.54 Å². The van der Waals surface area contributed by atoms with Crippen molar-refractivity contribution in [2.75, 3.05) is 13.6 Å². The van der Waals surface area contributed by atoms with Gasteiger partial charge >= 0.3 is 0 Å². The largest absolute Gasteiger partial charge is 0.327 e. The van der Waals surface area contributed by atoms with Crippen molar-refractivity contribution in [3.63, 3.8) is 0 Å². The first-order valence-electron chi connectivity index (χ1n) is 7.02. The number of nitrogens with zero attached hydrogens (tertiary/aromatic N) is 1. The molecule has 1 saturated carbocycles. The van der Waals surface area contributed by atoms with Gasteiger partial charge in [-0.3, -0.25) is 0 Å². The van der Waals surface area contributed by atoms with E-state index in [4.69, 9.17) is 5.73 Å². The summed E-state index contributed by atoms with van der Waals surface area (Å²) < 4.78 is 0. The lowest BCUT2D eigenvalue weighted by Gasteiger charge is -2.39. The van der Waals surface area contributed by atoms with E-state index in [1.165, 1.54) is 17.7 Å². The Balaban J connectivity index is 1.87. The van der Waals surface area contributed by atoms with Crippen molar-refractivity contribution in [1.29, 1.82) is 0 Å². The van der Waals surface area contributed by atoms with Crippen molar-refractivity contribution in [2.45, 2.75) is 39.3 Å². The van der Waals surface area contributed by atoms with Crippen molar-refractivity contribution in [2.24, 2.45) is 23.5 Å². The standard InChI is InChI=1S/C15H26N2S/c1-11-7-12(2)14(15(16)8-11)10-17(3)9-13-5-4-6-18-13/h4-6,11-12,14-15H,7-10,16H2,1-3H3. The zero-order chi connectivity index (χ0) is 13.1. The fourth-order valence-corrected chi connectivity index (χ4v) is 4.16. The molecule has 1 aliphatic rings. The van der Waals surface area contributed by atoms with Crippen molar-refractivity contribution in [1.82, 2.24) is 4.90 Å². The summed E-state index contributed by atoms with van der Waals surface area (Å²) in [6.45, 7) is 6.90. The maximum Gasteiger partial charge on any atom is 0.0324 e. The molecule has 0 amide bonds. The van der Waals surface area contributed by atoms with Crippen LogP contribution in [0, 0.1) is 17.8 Å². The lowest BCUT2D eigenvalue weighted by Crippen LogP contribution is -2.45. The van der Waals surface area contributed by atoms with E-state index in [1.807, 2.05) is 11.3 Å². The van der Waals surface area contributed by atoms with Gasteiger partial charge in [-0.2, -0.15) is 0 Å². The maximum atomic E-state index is 6.36. The molecule has 3 heteroatoms. The van der Waals surface area contributed by atoms with Crippen LogP contribution in [0.15, 0.2) is 17.5 Å². The molecule has 0 saturated heterocycles. The Morgan fingerprint density at radius 1 is 1.39 bits per heavy atom. The lowest BCUT2D eigenvalue weighted by atomic mass is 9.72. The zero-order valence-corrected chi connectivity index (χ0v) is 12.6. The summed E-state index contributed by atoms with van der Waals surface area (Å²) in [5.41, 5.74) is 6.36. The van der Waals surface area contributed by atoms with Crippen LogP contribution in [0.2, 0.25) is 0 Å². The van der Waals surface area contributed by atoms with Gasteiger partial charge < -0.3 is 10.6 Å². The molecule has 0 aromatic carbocycles. The summed E-state index contributed by atoms with van der Waals surface area (Å²) in [5.74, 6) is 2.22. The van der Waals surface area contributed by atoms with E-state index in [0.29, 0.717) is 12.0 Å². The van der Waals surface area contributed by atoms with Crippen molar-refractivity contribution < 1.29 is 0 Å². The van der Waals surface area contributed by atoms with Gasteiger partial charge in [0, 0.05) is 24.0 Å². The van der Waals surface area contributed by atoms with Crippen LogP contribution < -0.4 is 5.73 Å². The SMILES string of the molecule is CC1CC(C)C(CN(C)Cc2cccs2)C(N)C1. The monoisotopic (exact) mass is 266 g/mol. The van der Waals surface area contributed by atoms with Gasteiger partial charge in [0.25, 0.3) is 0 Å². The van der Waals surface area contributed by atoms with Crippen molar-refractivity contribution >= 4 is 11.3 Å². The van der Waals surface area contributed by atoms with Gasteiger partial charge in [0.05, 0.1) is 0 Å². The summed E-state index contributed by atoms with van der Waals surface area (Å²) >= 11 is 1.84. The number of rotatable bonds is 4. The normalized spacial score (nSPS) is 32.9. The Kier molecular flexibility index (Phi) is 4.82. The summed E-state index contributed by atoms with van der Waals surface area (Å²) in [7, 11) is 2.22. The fourth-order valence-electron chi connectivity index (χ4n) is 3.38. The van der Waals surface area contributed by atoms with E-state index < -0.39 is 0 Å². The average Bonchev–Trinajstić information content (AvgIpc) is 2.76. The molecule has 0 aliphatic heterocycles. The summed E-state index contributed by atoms with van der Waals surface area (Å²) in [5, 5.41) is 2.15. The first kappa shape index (κ1) is 14.0. The highest BCUT2D eigenvalue weighted by molar-refractivity contribution is 7.09. The molecule has 2 rings (SSSR count). The minimum absolute atomic E-state index is 0.384. The highest BCUT2D eigenvalue weighted by Crippen LogP contribution is 2.33. The molecule has 4 unspecified atom stereocenters. The predicted molar refractivity (Wildman–Crippen MR) is 79.7 cm³/mol. The molecule has 1 aromatic heterocycles. The Hall–Kier alpha value is -0.380. The number of hydrogen-bond donors (Lipinski definition) is 1. The topological polar surface area (TPSA) is 29.3 Å². The van der Waals surface area contributed by atoms with Gasteiger partial charge in [-0.15, -0.1) is 11.3 Å². The van der Waals surface area contributed by atoms with E-state index in [1.54, 1.807) is 0 Å². The molecule has 4 atom stereocenters. The molecule has 0 bridgehead atoms. The molecule has 2 N–H and O–H groups in total. The maximum absolute atomic E-state index is 6.36. The average molecular weight is 266 g/mol. The second-order valence-electron chi connectivity index (χ2n) is 6.16. The van der Waals surface area contributed by atoms with Gasteiger partial charge in [-0.1, -0.05) is 19.9 Å². The van der Waals surface area contributed by atoms with Crippen LogP contribution in [-0.4, -0.2) is 24.5 Å². The molecule has 2 nitrogen and oxygen atoms in total. The predicted octanol–water partition coefficient (Wildman–Crippen LogP) is 3.19. The van der Waals surface area contributed by atoms with E-state index in [-0.39, 0.29) is 0 Å². The number of thiophene rings is 1. The van der Waals surface area contributed by atoms with Crippen LogP contribution in [0.1, 0.15) is 31.6 Å². The van der Waals surface area contributed by atoms with Crippen LogP contribution in [0.3, 0.4) is 0 Å². The second-order valence-corrected chi connectivity index (χ2v) is 7.19. The quantitative estimate of drug-likeness (QED) is 0.907. The Bertz CT molecular complexity index is 337. The van der Waals surface area contributed by atoms with Gasteiger partial charge in [0.15, 0.2) is 0 Å². The van der Waals surface area contributed by atoms with E-state index in [9.17, 15) is 0 Å². The third-order valence-corrected chi connectivity index (χ3v) is 5.12. The molecule has 102 valence electrons. The molecule has 0 radical (unpaired) electrons. The Morgan fingerprint density at radius 3 is 2.78 bits per heavy atom. The smallest absolute Gasteiger partial charge is 0.0324 e. The molecule has 1 aliphatic carbocycles. The van der Waals surface area contributed by atoms with E-state index in [0.717, 1.165) is 24.9 Å². The third kappa shape index (κ3) is 3.56. The first-order chi connectivity index (χ1) is 8.56. The molecule has 18 heavy (non-hydrogen) atoms. The zero-order valence-electron chi connectivity index (χ0n) is 11.8. The van der Waals surface area contributed by atoms with Gasteiger partial charge in [-0.05, 0) is 49.1 Å². The Labute approximate surface area is 115 Å². The van der Waals surface area contributed by atoms with Gasteiger partial charge in [0.2, 0.25) is 0 Å². The minimum Gasteiger partial charge on any atom is -0.327 e. The summed E-state index contributed by atoms with van der Waals surface area (Å²) in [4.78, 5) is 3.88. The van der Waals surface area contributed by atoms with Gasteiger partial charge in [0.1, 0.15) is 0 Å². The van der Waals surface area contributed by atoms with Crippen molar-refractivity contribution in [3.8, 4) is 0 Å². The van der Waals surface area contributed by atoms with E-state index in [2.05, 4.69) is 43.3 Å². The molecule has 1 fully saturated rings. The number of hydrogen-bond acceptors (Lipinski definition) is 3. The molecule has 0 spiro atoms. The number of nitrogens with two attached hydrogens (primary N) is 1. The van der Waals surface area contributed by atoms with Crippen LogP contribution in [0.25, 0.3) is 0 Å². The molecule has 1 heterocycles. The molecular weight excluding hydrogens is 240 g/mol. The highest BCUT2D eigenvalue weighted by atomic mass is 32.1. The molecule has 1 aromatic rings. The van der Waals surface area contributed by atoms with Crippen LogP contribution >= 0.6 is 11.3 Å². The third-order valence-electron chi connectivity index (χ3n) is 4.26. The lowest BCUT2D eigenvalue weighted by molar-refractivity contribution is 0.128. The fraction of sp³-hybridized carbons (Fsp3) is 0.733. The second kappa shape index (κ2) is 6.18. The van der Waals surface area contributed by atoms with Crippen LogP contribution in [0.5, 0.6) is 0 Å².